The zero-order chi connectivity index (χ0) is 18.8. The van der Waals surface area contributed by atoms with Crippen LogP contribution in [0.4, 0.5) is 8.78 Å². The van der Waals surface area contributed by atoms with E-state index < -0.39 is 6.61 Å². The Labute approximate surface area is 146 Å². The van der Waals surface area contributed by atoms with Gasteiger partial charge < -0.3 is 15.0 Å². The summed E-state index contributed by atoms with van der Waals surface area (Å²) < 4.78 is 28.4. The third-order valence-electron chi connectivity index (χ3n) is 3.57. The van der Waals surface area contributed by atoms with Crippen molar-refractivity contribution in [3.63, 3.8) is 0 Å². The number of nitrogens with zero attached hydrogens (tertiary/aromatic N) is 2. The van der Waals surface area contributed by atoms with Crippen LogP contribution in [0.3, 0.4) is 0 Å². The first-order chi connectivity index (χ1) is 11.8. The zero-order valence-corrected chi connectivity index (χ0v) is 14.8. The van der Waals surface area contributed by atoms with E-state index in [-0.39, 0.29) is 37.2 Å². The maximum Gasteiger partial charge on any atom is 0.387 e. The molecule has 2 amide bonds. The van der Waals surface area contributed by atoms with Crippen LogP contribution in [0.1, 0.15) is 19.4 Å². The minimum absolute atomic E-state index is 0.0186. The normalized spacial score (nSPS) is 10.8. The summed E-state index contributed by atoms with van der Waals surface area (Å²) in [5.74, 6) is -0.169. The van der Waals surface area contributed by atoms with Crippen molar-refractivity contribution < 1.29 is 23.1 Å². The lowest BCUT2D eigenvalue weighted by Gasteiger charge is -2.22. The summed E-state index contributed by atoms with van der Waals surface area (Å²) in [4.78, 5) is 27.3. The van der Waals surface area contributed by atoms with E-state index in [4.69, 9.17) is 0 Å². The lowest BCUT2D eigenvalue weighted by molar-refractivity contribution is -0.132. The number of rotatable bonds is 10. The van der Waals surface area contributed by atoms with Gasteiger partial charge in [-0.3, -0.25) is 14.5 Å². The summed E-state index contributed by atoms with van der Waals surface area (Å²) in [7, 11) is 1.71. The fraction of sp³-hybridized carbons (Fsp3) is 0.529. The van der Waals surface area contributed by atoms with Gasteiger partial charge in [0.25, 0.3) is 0 Å². The standard InChI is InChI=1S/C17H25F2N3O3/c1-4-22(5-2)16(24)12-21(3)11-15(23)20-10-13-6-8-14(9-7-13)25-17(18)19/h6-9,17H,4-5,10-12H2,1-3H3,(H,20,23). The molecule has 0 aliphatic rings. The van der Waals surface area contributed by atoms with Gasteiger partial charge in [0.2, 0.25) is 11.8 Å². The summed E-state index contributed by atoms with van der Waals surface area (Å²) >= 11 is 0. The Hall–Kier alpha value is -2.22. The number of ether oxygens (including phenoxy) is 1. The van der Waals surface area contributed by atoms with Gasteiger partial charge in [0, 0.05) is 19.6 Å². The van der Waals surface area contributed by atoms with Crippen molar-refractivity contribution in [1.29, 1.82) is 0 Å². The highest BCUT2D eigenvalue weighted by atomic mass is 19.3. The van der Waals surface area contributed by atoms with Crippen molar-refractivity contribution in [3.8, 4) is 5.75 Å². The van der Waals surface area contributed by atoms with Crippen LogP contribution in [0.5, 0.6) is 5.75 Å². The van der Waals surface area contributed by atoms with Crippen LogP contribution >= 0.6 is 0 Å². The summed E-state index contributed by atoms with van der Waals surface area (Å²) in [6, 6.07) is 6.04. The van der Waals surface area contributed by atoms with E-state index >= 15 is 0 Å². The van der Waals surface area contributed by atoms with Gasteiger partial charge in [0.05, 0.1) is 13.1 Å². The summed E-state index contributed by atoms with van der Waals surface area (Å²) in [6.45, 7) is 2.78. The fourth-order valence-corrected chi connectivity index (χ4v) is 2.25. The molecule has 25 heavy (non-hydrogen) atoms. The van der Waals surface area contributed by atoms with Crippen molar-refractivity contribution in [2.45, 2.75) is 27.0 Å². The lowest BCUT2D eigenvalue weighted by atomic mass is 10.2. The highest BCUT2D eigenvalue weighted by Gasteiger charge is 2.14. The minimum Gasteiger partial charge on any atom is -0.435 e. The third kappa shape index (κ3) is 7.93. The molecular weight excluding hydrogens is 332 g/mol. The highest BCUT2D eigenvalue weighted by molar-refractivity contribution is 5.81. The molecule has 0 heterocycles. The topological polar surface area (TPSA) is 61.9 Å². The number of carbonyl (C=O) groups excluding carboxylic acids is 2. The minimum atomic E-state index is -2.86. The number of alkyl halides is 2. The Balaban J connectivity index is 2.37. The predicted molar refractivity (Wildman–Crippen MR) is 90.3 cm³/mol. The second-order valence-electron chi connectivity index (χ2n) is 5.54. The van der Waals surface area contributed by atoms with E-state index in [1.165, 1.54) is 12.1 Å². The van der Waals surface area contributed by atoms with Gasteiger partial charge in [-0.15, -0.1) is 0 Å². The molecule has 0 unspecified atom stereocenters. The Kier molecular flexibility index (Phi) is 8.83. The van der Waals surface area contributed by atoms with Crippen molar-refractivity contribution in [2.24, 2.45) is 0 Å². The van der Waals surface area contributed by atoms with Gasteiger partial charge in [0.15, 0.2) is 0 Å². The van der Waals surface area contributed by atoms with Crippen LogP contribution in [-0.2, 0) is 16.1 Å². The van der Waals surface area contributed by atoms with Crippen LogP contribution in [0.25, 0.3) is 0 Å². The molecule has 0 fully saturated rings. The maximum atomic E-state index is 12.1. The summed E-state index contributed by atoms with van der Waals surface area (Å²) in [5, 5.41) is 2.73. The van der Waals surface area contributed by atoms with Gasteiger partial charge in [0.1, 0.15) is 5.75 Å². The highest BCUT2D eigenvalue weighted by Crippen LogP contribution is 2.14. The molecule has 0 saturated heterocycles. The molecule has 8 heteroatoms. The molecule has 0 aliphatic heterocycles. The molecule has 1 aromatic rings. The van der Waals surface area contributed by atoms with Crippen LogP contribution < -0.4 is 10.1 Å². The van der Waals surface area contributed by atoms with Crippen LogP contribution in [0.15, 0.2) is 24.3 Å². The van der Waals surface area contributed by atoms with E-state index in [2.05, 4.69) is 10.1 Å². The third-order valence-corrected chi connectivity index (χ3v) is 3.57. The van der Waals surface area contributed by atoms with Gasteiger partial charge >= 0.3 is 6.61 Å². The number of hydrogen-bond donors (Lipinski definition) is 1. The van der Waals surface area contributed by atoms with Crippen LogP contribution in [0.2, 0.25) is 0 Å². The quantitative estimate of drug-likeness (QED) is 0.692. The van der Waals surface area contributed by atoms with E-state index in [0.717, 1.165) is 5.56 Å². The Morgan fingerprint density at radius 1 is 1.12 bits per heavy atom. The molecule has 1 N–H and O–H groups in total. The molecule has 0 radical (unpaired) electrons. The van der Waals surface area contributed by atoms with Gasteiger partial charge in [-0.05, 0) is 38.6 Å². The molecule has 0 spiro atoms. The Morgan fingerprint density at radius 2 is 1.72 bits per heavy atom. The number of carbonyl (C=O) groups is 2. The number of likely N-dealkylation sites (N-methyl/N-ethyl adjacent to an activating group) is 2. The maximum absolute atomic E-state index is 12.1. The molecule has 1 rings (SSSR count). The van der Waals surface area contributed by atoms with Crippen molar-refractivity contribution in [3.05, 3.63) is 29.8 Å². The second-order valence-corrected chi connectivity index (χ2v) is 5.54. The Bertz CT molecular complexity index is 549. The van der Waals surface area contributed by atoms with Gasteiger partial charge in [-0.25, -0.2) is 0 Å². The van der Waals surface area contributed by atoms with Crippen molar-refractivity contribution in [1.82, 2.24) is 15.1 Å². The predicted octanol–water partition coefficient (Wildman–Crippen LogP) is 1.70. The van der Waals surface area contributed by atoms with E-state index in [0.29, 0.717) is 13.1 Å². The first-order valence-electron chi connectivity index (χ1n) is 8.12. The first kappa shape index (κ1) is 20.8. The zero-order valence-electron chi connectivity index (χ0n) is 14.8. The molecule has 0 atom stereocenters. The van der Waals surface area contributed by atoms with Gasteiger partial charge in [-0.2, -0.15) is 8.78 Å². The number of amides is 2. The van der Waals surface area contributed by atoms with Gasteiger partial charge in [-0.1, -0.05) is 12.1 Å². The van der Waals surface area contributed by atoms with E-state index in [1.807, 2.05) is 13.8 Å². The fourth-order valence-electron chi connectivity index (χ4n) is 2.25. The average Bonchev–Trinajstić information content (AvgIpc) is 2.54. The molecular formula is C17H25F2N3O3. The first-order valence-corrected chi connectivity index (χ1v) is 8.12. The monoisotopic (exact) mass is 357 g/mol. The number of nitrogens with one attached hydrogen (secondary N) is 1. The lowest BCUT2D eigenvalue weighted by Crippen LogP contribution is -2.42. The summed E-state index contributed by atoms with van der Waals surface area (Å²) in [6.07, 6.45) is 0. The van der Waals surface area contributed by atoms with E-state index in [9.17, 15) is 18.4 Å². The van der Waals surface area contributed by atoms with Crippen molar-refractivity contribution in [2.75, 3.05) is 33.2 Å². The number of hydrogen-bond acceptors (Lipinski definition) is 4. The molecule has 140 valence electrons. The second kappa shape index (κ2) is 10.6. The number of benzene rings is 1. The number of halogens is 2. The smallest absolute Gasteiger partial charge is 0.387 e. The molecule has 0 bridgehead atoms. The molecule has 0 aromatic heterocycles. The molecule has 0 aliphatic carbocycles. The SMILES string of the molecule is CCN(CC)C(=O)CN(C)CC(=O)NCc1ccc(OC(F)F)cc1. The average molecular weight is 357 g/mol. The largest absolute Gasteiger partial charge is 0.435 e. The van der Waals surface area contributed by atoms with Crippen LogP contribution in [0, 0.1) is 0 Å². The van der Waals surface area contributed by atoms with Crippen LogP contribution in [-0.4, -0.2) is 61.5 Å². The summed E-state index contributed by atoms with van der Waals surface area (Å²) in [5.41, 5.74) is 0.761. The molecule has 0 saturated carbocycles. The van der Waals surface area contributed by atoms with Crippen molar-refractivity contribution >= 4 is 11.8 Å². The Morgan fingerprint density at radius 3 is 2.24 bits per heavy atom. The molecule has 6 nitrogen and oxygen atoms in total. The molecule has 1 aromatic carbocycles. The van der Waals surface area contributed by atoms with E-state index in [1.54, 1.807) is 29.0 Å².